The molecule has 0 radical (unpaired) electrons. The second-order valence-corrected chi connectivity index (χ2v) is 8.09. The van der Waals surface area contributed by atoms with Crippen molar-refractivity contribution in [2.75, 3.05) is 26.8 Å². The number of carbonyl (C=O) groups is 1. The van der Waals surface area contributed by atoms with Crippen LogP contribution in [0.15, 0.2) is 30.3 Å². The number of ether oxygens (including phenoxy) is 3. The van der Waals surface area contributed by atoms with E-state index in [4.69, 9.17) is 14.2 Å². The first-order chi connectivity index (χ1) is 12.3. The first-order valence-electron chi connectivity index (χ1n) is 9.51. The minimum Gasteiger partial charge on any atom is -0.444 e. The minimum atomic E-state index is -0.453. The van der Waals surface area contributed by atoms with Gasteiger partial charge in [0.05, 0.1) is 19.3 Å². The maximum Gasteiger partial charge on any atom is 0.410 e. The highest BCUT2D eigenvalue weighted by molar-refractivity contribution is 5.67. The van der Waals surface area contributed by atoms with E-state index in [2.05, 4.69) is 12.1 Å². The maximum atomic E-state index is 11.8. The molecule has 1 aliphatic rings. The maximum absolute atomic E-state index is 11.8. The number of benzene rings is 1. The van der Waals surface area contributed by atoms with Crippen LogP contribution in [0.3, 0.4) is 0 Å². The molecule has 5 nitrogen and oxygen atoms in total. The summed E-state index contributed by atoms with van der Waals surface area (Å²) in [7, 11) is 1.76. The van der Waals surface area contributed by atoms with E-state index in [1.807, 2.05) is 39.0 Å². The van der Waals surface area contributed by atoms with Gasteiger partial charge in [-0.05, 0) is 51.5 Å². The fraction of sp³-hybridized carbons (Fsp3) is 0.667. The Labute approximate surface area is 157 Å². The predicted octanol–water partition coefficient (Wildman–Crippen LogP) is 4.26. The largest absolute Gasteiger partial charge is 0.444 e. The fourth-order valence-electron chi connectivity index (χ4n) is 2.85. The van der Waals surface area contributed by atoms with Gasteiger partial charge in [0.25, 0.3) is 0 Å². The number of amides is 1. The van der Waals surface area contributed by atoms with E-state index in [1.165, 1.54) is 5.56 Å². The van der Waals surface area contributed by atoms with Crippen molar-refractivity contribution >= 4 is 6.09 Å². The van der Waals surface area contributed by atoms with Crippen LogP contribution in [0.1, 0.15) is 45.6 Å². The van der Waals surface area contributed by atoms with E-state index >= 15 is 0 Å². The van der Waals surface area contributed by atoms with Crippen LogP contribution in [0.4, 0.5) is 4.79 Å². The van der Waals surface area contributed by atoms with E-state index in [0.29, 0.717) is 31.8 Å². The Kier molecular flexibility index (Phi) is 7.91. The molecule has 1 saturated carbocycles. The minimum absolute atomic E-state index is 0.281. The van der Waals surface area contributed by atoms with Crippen LogP contribution >= 0.6 is 0 Å². The Bertz CT molecular complexity index is 535. The summed E-state index contributed by atoms with van der Waals surface area (Å²) in [5, 5.41) is 0. The lowest BCUT2D eigenvalue weighted by Gasteiger charge is -2.35. The molecule has 1 aliphatic carbocycles. The van der Waals surface area contributed by atoms with Crippen molar-refractivity contribution in [3.63, 3.8) is 0 Å². The Hall–Kier alpha value is -1.59. The molecule has 0 aliphatic heterocycles. The molecule has 1 fully saturated rings. The molecule has 0 N–H and O–H groups in total. The quantitative estimate of drug-likeness (QED) is 0.615. The number of hydrogen-bond donors (Lipinski definition) is 0. The number of nitrogens with zero attached hydrogens (tertiary/aromatic N) is 1. The SMILES string of the molecule is CN(CCCOC1CC(COCc2ccccc2)C1)C(=O)OC(C)(C)C. The van der Waals surface area contributed by atoms with Gasteiger partial charge in [0.2, 0.25) is 0 Å². The first kappa shape index (κ1) is 20.7. The average Bonchev–Trinajstić information content (AvgIpc) is 2.54. The molecule has 0 bridgehead atoms. The molecule has 0 heterocycles. The Morgan fingerprint density at radius 1 is 1.19 bits per heavy atom. The Morgan fingerprint density at radius 3 is 2.54 bits per heavy atom. The van der Waals surface area contributed by atoms with Gasteiger partial charge >= 0.3 is 6.09 Å². The third-order valence-electron chi connectivity index (χ3n) is 4.35. The van der Waals surface area contributed by atoms with Gasteiger partial charge in [-0.2, -0.15) is 0 Å². The van der Waals surface area contributed by atoms with E-state index in [0.717, 1.165) is 25.9 Å². The standard InChI is InChI=1S/C21H33NO4/c1-21(2,3)26-20(23)22(4)11-8-12-25-19-13-18(14-19)16-24-15-17-9-6-5-7-10-17/h5-7,9-10,18-19H,8,11-16H2,1-4H3. The average molecular weight is 363 g/mol. The van der Waals surface area contributed by atoms with Crippen LogP contribution in [0.2, 0.25) is 0 Å². The van der Waals surface area contributed by atoms with Gasteiger partial charge < -0.3 is 19.1 Å². The van der Waals surface area contributed by atoms with Crippen molar-refractivity contribution in [1.82, 2.24) is 4.90 Å². The Balaban J connectivity index is 1.46. The number of carbonyl (C=O) groups excluding carboxylic acids is 1. The topological polar surface area (TPSA) is 48.0 Å². The van der Waals surface area contributed by atoms with Crippen LogP contribution in [0.25, 0.3) is 0 Å². The zero-order valence-corrected chi connectivity index (χ0v) is 16.6. The summed E-state index contributed by atoms with van der Waals surface area (Å²) in [6.45, 7) is 8.42. The Morgan fingerprint density at radius 2 is 1.88 bits per heavy atom. The fourth-order valence-corrected chi connectivity index (χ4v) is 2.85. The molecular weight excluding hydrogens is 330 g/mol. The van der Waals surface area contributed by atoms with Crippen LogP contribution in [0.5, 0.6) is 0 Å². The van der Waals surface area contributed by atoms with Gasteiger partial charge in [0.15, 0.2) is 0 Å². The van der Waals surface area contributed by atoms with Crippen molar-refractivity contribution in [2.45, 2.75) is 58.3 Å². The summed E-state index contributed by atoms with van der Waals surface area (Å²) in [6, 6.07) is 10.3. The summed E-state index contributed by atoms with van der Waals surface area (Å²) in [5.74, 6) is 0.605. The number of hydrogen-bond acceptors (Lipinski definition) is 4. The summed E-state index contributed by atoms with van der Waals surface area (Å²) < 4.78 is 17.0. The molecule has 0 unspecified atom stereocenters. The third kappa shape index (κ3) is 7.75. The van der Waals surface area contributed by atoms with Gasteiger partial charge in [-0.3, -0.25) is 0 Å². The second-order valence-electron chi connectivity index (χ2n) is 8.09. The van der Waals surface area contributed by atoms with Crippen molar-refractivity contribution in [1.29, 1.82) is 0 Å². The lowest BCUT2D eigenvalue weighted by molar-refractivity contribution is -0.0600. The van der Waals surface area contributed by atoms with Gasteiger partial charge in [0, 0.05) is 20.2 Å². The molecule has 1 amide bonds. The summed E-state index contributed by atoms with van der Waals surface area (Å²) in [6.07, 6.45) is 3.01. The van der Waals surface area contributed by atoms with Gasteiger partial charge in [-0.25, -0.2) is 4.79 Å². The van der Waals surface area contributed by atoms with Crippen LogP contribution in [-0.4, -0.2) is 49.5 Å². The highest BCUT2D eigenvalue weighted by atomic mass is 16.6. The van der Waals surface area contributed by atoms with E-state index < -0.39 is 5.60 Å². The third-order valence-corrected chi connectivity index (χ3v) is 4.35. The van der Waals surface area contributed by atoms with Crippen molar-refractivity contribution in [3.8, 4) is 0 Å². The monoisotopic (exact) mass is 363 g/mol. The predicted molar refractivity (Wildman–Crippen MR) is 102 cm³/mol. The molecule has 26 heavy (non-hydrogen) atoms. The number of rotatable bonds is 9. The summed E-state index contributed by atoms with van der Waals surface area (Å²) in [4.78, 5) is 13.5. The molecule has 1 aromatic rings. The van der Waals surface area contributed by atoms with Gasteiger partial charge in [-0.1, -0.05) is 30.3 Å². The molecule has 146 valence electrons. The smallest absolute Gasteiger partial charge is 0.410 e. The van der Waals surface area contributed by atoms with Gasteiger partial charge in [-0.15, -0.1) is 0 Å². The molecule has 0 saturated heterocycles. The van der Waals surface area contributed by atoms with Crippen LogP contribution in [-0.2, 0) is 20.8 Å². The van der Waals surface area contributed by atoms with Crippen LogP contribution < -0.4 is 0 Å². The normalized spacial score (nSPS) is 19.7. The lowest BCUT2D eigenvalue weighted by atomic mass is 9.83. The van der Waals surface area contributed by atoms with Crippen LogP contribution in [0, 0.1) is 5.92 Å². The van der Waals surface area contributed by atoms with E-state index in [1.54, 1.807) is 11.9 Å². The molecule has 1 aromatic carbocycles. The molecular formula is C21H33NO4. The van der Waals surface area contributed by atoms with Crippen molar-refractivity contribution in [3.05, 3.63) is 35.9 Å². The molecule has 0 atom stereocenters. The second kappa shape index (κ2) is 9.93. The summed E-state index contributed by atoms with van der Waals surface area (Å²) in [5.41, 5.74) is 0.763. The molecule has 0 spiro atoms. The van der Waals surface area contributed by atoms with Gasteiger partial charge in [0.1, 0.15) is 5.60 Å². The molecule has 0 aromatic heterocycles. The van der Waals surface area contributed by atoms with E-state index in [-0.39, 0.29) is 6.09 Å². The summed E-state index contributed by atoms with van der Waals surface area (Å²) >= 11 is 0. The first-order valence-corrected chi connectivity index (χ1v) is 9.51. The molecule has 5 heteroatoms. The zero-order chi connectivity index (χ0) is 19.0. The highest BCUT2D eigenvalue weighted by Gasteiger charge is 2.29. The van der Waals surface area contributed by atoms with E-state index in [9.17, 15) is 4.79 Å². The van der Waals surface area contributed by atoms with Crippen molar-refractivity contribution in [2.24, 2.45) is 5.92 Å². The highest BCUT2D eigenvalue weighted by Crippen LogP contribution is 2.30. The molecule has 2 rings (SSSR count). The lowest BCUT2D eigenvalue weighted by Crippen LogP contribution is -2.36. The van der Waals surface area contributed by atoms with Crippen molar-refractivity contribution < 1.29 is 19.0 Å². The zero-order valence-electron chi connectivity index (χ0n) is 16.6.